The number of hydrogen-bond donors (Lipinski definition) is 0. The highest BCUT2D eigenvalue weighted by molar-refractivity contribution is 6.30. The average Bonchev–Trinajstić information content (AvgIpc) is 3.13. The van der Waals surface area contributed by atoms with Gasteiger partial charge in [-0.25, -0.2) is 0 Å². The molecule has 0 radical (unpaired) electrons. The van der Waals surface area contributed by atoms with E-state index in [-0.39, 0.29) is 5.88 Å². The van der Waals surface area contributed by atoms with E-state index >= 15 is 0 Å². The smallest absolute Gasteiger partial charge is 0.148 e. The molecule has 0 N–H and O–H groups in total. The van der Waals surface area contributed by atoms with Crippen molar-refractivity contribution in [2.24, 2.45) is 0 Å². The molecule has 0 bridgehead atoms. The van der Waals surface area contributed by atoms with Crippen molar-refractivity contribution in [3.8, 4) is 5.75 Å². The highest BCUT2D eigenvalue weighted by Gasteiger charge is 2.42. The molecule has 0 spiro atoms. The average molecular weight is 414 g/mol. The molecular formula is C23H21Cl2NO2. The second-order valence-corrected chi connectivity index (χ2v) is 7.51. The zero-order valence-electron chi connectivity index (χ0n) is 15.6. The molecule has 144 valence electrons. The molecule has 1 atom stereocenters. The van der Waals surface area contributed by atoms with E-state index in [1.165, 1.54) is 0 Å². The Morgan fingerprint density at radius 2 is 1.86 bits per heavy atom. The molecule has 1 unspecified atom stereocenters. The maximum Gasteiger partial charge on any atom is 0.148 e. The zero-order valence-corrected chi connectivity index (χ0v) is 17.1. The van der Waals surface area contributed by atoms with Crippen LogP contribution >= 0.6 is 23.2 Å². The van der Waals surface area contributed by atoms with Gasteiger partial charge in [0, 0.05) is 22.3 Å². The third-order valence-corrected chi connectivity index (χ3v) is 5.77. The number of alkyl halides is 1. The minimum absolute atomic E-state index is 0.289. The van der Waals surface area contributed by atoms with E-state index in [0.717, 1.165) is 40.1 Å². The monoisotopic (exact) mass is 413 g/mol. The number of fused-ring (bicyclic) bond motifs is 1. The third kappa shape index (κ3) is 3.39. The van der Waals surface area contributed by atoms with Gasteiger partial charge in [0.1, 0.15) is 18.0 Å². The normalized spacial score (nSPS) is 18.1. The van der Waals surface area contributed by atoms with E-state index in [4.69, 9.17) is 32.7 Å². The van der Waals surface area contributed by atoms with E-state index in [0.29, 0.717) is 18.2 Å². The molecule has 5 heteroatoms. The molecule has 0 fully saturated rings. The topological polar surface area (TPSA) is 31.4 Å². The first-order valence-electron chi connectivity index (χ1n) is 9.32. The van der Waals surface area contributed by atoms with E-state index in [1.807, 2.05) is 60.8 Å². The minimum Gasteiger partial charge on any atom is -0.487 e. The largest absolute Gasteiger partial charge is 0.487 e. The maximum atomic E-state index is 6.37. The fourth-order valence-corrected chi connectivity index (χ4v) is 4.11. The van der Waals surface area contributed by atoms with Gasteiger partial charge in [-0.05, 0) is 29.7 Å². The third-order valence-electron chi connectivity index (χ3n) is 5.27. The summed E-state index contributed by atoms with van der Waals surface area (Å²) in [5.74, 6) is 1.03. The molecule has 1 aliphatic heterocycles. The molecule has 28 heavy (non-hydrogen) atoms. The molecule has 0 saturated heterocycles. The lowest BCUT2D eigenvalue weighted by atomic mass is 9.84. The van der Waals surface area contributed by atoms with Gasteiger partial charge in [0.2, 0.25) is 0 Å². The number of hydrogen-bond acceptors (Lipinski definition) is 3. The molecule has 0 amide bonds. The Morgan fingerprint density at radius 3 is 2.54 bits per heavy atom. The Hall–Kier alpha value is -2.07. The van der Waals surface area contributed by atoms with Crippen molar-refractivity contribution in [2.45, 2.75) is 38.0 Å². The van der Waals surface area contributed by atoms with Crippen LogP contribution in [0.1, 0.15) is 41.3 Å². The van der Waals surface area contributed by atoms with Gasteiger partial charge in [0.25, 0.3) is 0 Å². The Kier molecular flexibility index (Phi) is 5.58. The molecule has 1 aliphatic rings. The van der Waals surface area contributed by atoms with Crippen molar-refractivity contribution in [3.05, 3.63) is 93.8 Å². The van der Waals surface area contributed by atoms with Gasteiger partial charge in [-0.15, -0.1) is 11.6 Å². The van der Waals surface area contributed by atoms with E-state index in [1.54, 1.807) is 0 Å². The van der Waals surface area contributed by atoms with Crippen LogP contribution in [0.4, 0.5) is 0 Å². The number of halogens is 2. The van der Waals surface area contributed by atoms with Crippen molar-refractivity contribution < 1.29 is 9.47 Å². The Balaban J connectivity index is 1.75. The molecule has 2 aromatic carbocycles. The van der Waals surface area contributed by atoms with Gasteiger partial charge in [0.05, 0.1) is 18.2 Å². The maximum absolute atomic E-state index is 6.37. The van der Waals surface area contributed by atoms with Gasteiger partial charge in [-0.3, -0.25) is 4.98 Å². The SMILES string of the molecule is CCC1(c2ccc(Cl)cc2)OCc2c1cnc(CCl)c2OCc1ccccc1. The number of ether oxygens (including phenoxy) is 2. The summed E-state index contributed by atoms with van der Waals surface area (Å²) in [5, 5.41) is 0.704. The molecule has 1 aromatic heterocycles. The number of nitrogens with zero attached hydrogens (tertiary/aromatic N) is 1. The fourth-order valence-electron chi connectivity index (χ4n) is 3.79. The standard InChI is InChI=1S/C23H21Cl2NO2/c1-2-23(17-8-10-18(25)11-9-17)20-13-26-21(12-24)22(19(20)15-28-23)27-14-16-6-4-3-5-7-16/h3-11,13H,2,12,14-15H2,1H3. The lowest BCUT2D eigenvalue weighted by molar-refractivity contribution is -0.00844. The van der Waals surface area contributed by atoms with Crippen LogP contribution in [-0.2, 0) is 29.4 Å². The zero-order chi connectivity index (χ0) is 19.6. The van der Waals surface area contributed by atoms with Crippen molar-refractivity contribution in [1.29, 1.82) is 0 Å². The highest BCUT2D eigenvalue weighted by Crippen LogP contribution is 2.48. The van der Waals surface area contributed by atoms with Gasteiger partial charge >= 0.3 is 0 Å². The molecule has 0 aliphatic carbocycles. The second-order valence-electron chi connectivity index (χ2n) is 6.81. The van der Waals surface area contributed by atoms with Crippen molar-refractivity contribution in [1.82, 2.24) is 4.98 Å². The summed E-state index contributed by atoms with van der Waals surface area (Å²) in [4.78, 5) is 4.60. The number of rotatable bonds is 6. The van der Waals surface area contributed by atoms with Crippen LogP contribution in [0.2, 0.25) is 5.02 Å². The van der Waals surface area contributed by atoms with Crippen LogP contribution in [0.3, 0.4) is 0 Å². The number of pyridine rings is 1. The first-order valence-corrected chi connectivity index (χ1v) is 10.2. The van der Waals surface area contributed by atoms with Gasteiger partial charge in [-0.2, -0.15) is 0 Å². The quantitative estimate of drug-likeness (QED) is 0.448. The van der Waals surface area contributed by atoms with Gasteiger partial charge in [0.15, 0.2) is 0 Å². The lowest BCUT2D eigenvalue weighted by Gasteiger charge is -2.29. The summed E-state index contributed by atoms with van der Waals surface area (Å²) in [6.07, 6.45) is 2.66. The highest BCUT2D eigenvalue weighted by atomic mass is 35.5. The number of aromatic nitrogens is 1. The van der Waals surface area contributed by atoms with Crippen LogP contribution < -0.4 is 4.74 Å². The summed E-state index contributed by atoms with van der Waals surface area (Å²) in [7, 11) is 0. The predicted octanol–water partition coefficient (Wildman–Crippen LogP) is 6.24. The lowest BCUT2D eigenvalue weighted by Crippen LogP contribution is -2.26. The second kappa shape index (κ2) is 8.12. The summed E-state index contributed by atoms with van der Waals surface area (Å²) in [6, 6.07) is 17.9. The van der Waals surface area contributed by atoms with Crippen LogP contribution in [-0.4, -0.2) is 4.98 Å². The molecule has 4 rings (SSSR count). The first-order chi connectivity index (χ1) is 13.7. The summed E-state index contributed by atoms with van der Waals surface area (Å²) < 4.78 is 12.6. The number of benzene rings is 2. The first kappa shape index (κ1) is 19.3. The predicted molar refractivity (Wildman–Crippen MR) is 112 cm³/mol. The van der Waals surface area contributed by atoms with E-state index in [2.05, 4.69) is 11.9 Å². The molecule has 3 nitrogen and oxygen atoms in total. The van der Waals surface area contributed by atoms with E-state index < -0.39 is 5.60 Å². The van der Waals surface area contributed by atoms with Gasteiger partial charge in [-0.1, -0.05) is 61.0 Å². The summed E-state index contributed by atoms with van der Waals surface area (Å²) in [6.45, 7) is 3.04. The van der Waals surface area contributed by atoms with Crippen LogP contribution in [0.5, 0.6) is 5.75 Å². The summed E-state index contributed by atoms with van der Waals surface area (Å²) in [5.41, 5.74) is 4.41. The van der Waals surface area contributed by atoms with Crippen LogP contribution in [0.25, 0.3) is 0 Å². The molecule has 3 aromatic rings. The van der Waals surface area contributed by atoms with Crippen molar-refractivity contribution >= 4 is 23.2 Å². The van der Waals surface area contributed by atoms with Crippen LogP contribution in [0, 0.1) is 0 Å². The molecule has 0 saturated carbocycles. The Bertz CT molecular complexity index is 960. The minimum atomic E-state index is -0.553. The summed E-state index contributed by atoms with van der Waals surface area (Å²) >= 11 is 12.2. The Labute approximate surface area is 175 Å². The Morgan fingerprint density at radius 1 is 1.11 bits per heavy atom. The fraction of sp³-hybridized carbons (Fsp3) is 0.261. The van der Waals surface area contributed by atoms with Crippen LogP contribution in [0.15, 0.2) is 60.8 Å². The van der Waals surface area contributed by atoms with Crippen molar-refractivity contribution in [2.75, 3.05) is 0 Å². The van der Waals surface area contributed by atoms with E-state index in [9.17, 15) is 0 Å². The molecule has 2 heterocycles. The van der Waals surface area contributed by atoms with Crippen molar-refractivity contribution in [3.63, 3.8) is 0 Å². The molecular weight excluding hydrogens is 393 g/mol. The van der Waals surface area contributed by atoms with Gasteiger partial charge < -0.3 is 9.47 Å².